The summed E-state index contributed by atoms with van der Waals surface area (Å²) in [5.74, 6) is 0.357. The van der Waals surface area contributed by atoms with Crippen LogP contribution in [0.1, 0.15) is 33.6 Å². The molecular weight excluding hydrogens is 501 g/mol. The highest BCUT2D eigenvalue weighted by Gasteiger charge is 2.35. The van der Waals surface area contributed by atoms with Gasteiger partial charge in [-0.15, -0.1) is 0 Å². The van der Waals surface area contributed by atoms with Gasteiger partial charge in [0, 0.05) is 24.1 Å². The van der Waals surface area contributed by atoms with Gasteiger partial charge in [0.2, 0.25) is 5.91 Å². The Kier molecular flexibility index (Phi) is 14.6. The summed E-state index contributed by atoms with van der Waals surface area (Å²) in [5.41, 5.74) is 5.80. The summed E-state index contributed by atoms with van der Waals surface area (Å²) in [6.07, 6.45) is -0.579. The van der Waals surface area contributed by atoms with Gasteiger partial charge in [0.25, 0.3) is 0 Å². The average molecular weight is 530 g/mol. The molecule has 17 heteroatoms. The van der Waals surface area contributed by atoms with Crippen molar-refractivity contribution in [2.45, 2.75) is 56.8 Å². The quantitative estimate of drug-likeness (QED) is 0.0781. The molecule has 0 spiro atoms. The predicted molar refractivity (Wildman–Crippen MR) is 118 cm³/mol. The number of ether oxygens (including phenoxy) is 2. The van der Waals surface area contributed by atoms with Crippen molar-refractivity contribution in [1.82, 2.24) is 5.32 Å². The summed E-state index contributed by atoms with van der Waals surface area (Å²) >= 11 is 0. The zero-order valence-corrected chi connectivity index (χ0v) is 21.1. The van der Waals surface area contributed by atoms with E-state index in [2.05, 4.69) is 13.9 Å². The molecule has 1 fully saturated rings. The van der Waals surface area contributed by atoms with Crippen molar-refractivity contribution < 1.29 is 47.0 Å². The van der Waals surface area contributed by atoms with Gasteiger partial charge in [-0.3, -0.25) is 4.79 Å². The summed E-state index contributed by atoms with van der Waals surface area (Å²) in [4.78, 5) is 47.5. The lowest BCUT2D eigenvalue weighted by molar-refractivity contribution is -0.120. The number of nitrogens with one attached hydrogen (secondary N) is 1. The lowest BCUT2D eigenvalue weighted by atomic mass is 10.2. The van der Waals surface area contributed by atoms with Crippen LogP contribution in [0.3, 0.4) is 0 Å². The van der Waals surface area contributed by atoms with Gasteiger partial charge in [-0.25, -0.2) is 8.62 Å². The average Bonchev–Trinajstić information content (AvgIpc) is 3.00. The SMILES string of the molecule is CCC(=O)NCC(C)(C)SSCO[C@@H]1C[C@H](N)OC1COP(O)OP(O)OP(O)O. The van der Waals surface area contributed by atoms with E-state index in [1.54, 1.807) is 17.7 Å². The van der Waals surface area contributed by atoms with Crippen molar-refractivity contribution in [2.24, 2.45) is 5.73 Å². The van der Waals surface area contributed by atoms with Crippen LogP contribution in [0.2, 0.25) is 0 Å². The van der Waals surface area contributed by atoms with E-state index in [9.17, 15) is 14.6 Å². The van der Waals surface area contributed by atoms with Crippen LogP contribution in [0.15, 0.2) is 0 Å². The molecule has 1 aliphatic heterocycles. The molecule has 1 amide bonds. The van der Waals surface area contributed by atoms with Crippen LogP contribution in [0.5, 0.6) is 0 Å². The van der Waals surface area contributed by atoms with Gasteiger partial charge in [-0.2, -0.15) is 0 Å². The number of carbonyl (C=O) groups excluding carboxylic acids is 1. The first-order valence-corrected chi connectivity index (χ1v) is 14.5. The maximum Gasteiger partial charge on any atom is 0.344 e. The number of amides is 1. The van der Waals surface area contributed by atoms with Crippen molar-refractivity contribution in [3.63, 3.8) is 0 Å². The molecule has 3 unspecified atom stereocenters. The molecule has 0 bridgehead atoms. The highest BCUT2D eigenvalue weighted by Crippen LogP contribution is 2.55. The second-order valence-electron chi connectivity index (χ2n) is 6.55. The Morgan fingerprint density at radius 3 is 2.60 bits per heavy atom. The Balaban J connectivity index is 2.31. The van der Waals surface area contributed by atoms with Gasteiger partial charge >= 0.3 is 25.8 Å². The molecule has 178 valence electrons. The molecule has 0 aromatic rings. The lowest BCUT2D eigenvalue weighted by Gasteiger charge is -2.24. The highest BCUT2D eigenvalue weighted by atomic mass is 33.1. The van der Waals surface area contributed by atoms with Crippen molar-refractivity contribution in [3.05, 3.63) is 0 Å². The number of rotatable bonds is 15. The first-order valence-electron chi connectivity index (χ1n) is 8.77. The fourth-order valence-corrected chi connectivity index (χ4v) is 6.13. The van der Waals surface area contributed by atoms with Gasteiger partial charge in [0.15, 0.2) is 0 Å². The van der Waals surface area contributed by atoms with Crippen LogP contribution in [-0.2, 0) is 27.4 Å². The van der Waals surface area contributed by atoms with Crippen molar-refractivity contribution in [1.29, 1.82) is 0 Å². The summed E-state index contributed by atoms with van der Waals surface area (Å²) in [7, 11) is -4.94. The van der Waals surface area contributed by atoms with E-state index in [1.807, 2.05) is 13.8 Å². The molecule has 5 atom stereocenters. The normalized spacial score (nSPS) is 24.2. The van der Waals surface area contributed by atoms with E-state index < -0.39 is 38.1 Å². The molecule has 0 aromatic heterocycles. The maximum absolute atomic E-state index is 11.4. The Hall–Kier alpha value is 1.06. The van der Waals surface area contributed by atoms with E-state index in [4.69, 9.17) is 29.5 Å². The molecule has 0 aliphatic carbocycles. The van der Waals surface area contributed by atoms with Crippen LogP contribution in [-0.4, -0.2) is 67.8 Å². The minimum atomic E-state index is -2.81. The molecule has 0 aromatic carbocycles. The number of carbonyl (C=O) groups is 1. The molecular formula is C13H29N2O10P3S2. The first-order chi connectivity index (χ1) is 14.0. The molecule has 1 heterocycles. The summed E-state index contributed by atoms with van der Waals surface area (Å²) in [6, 6.07) is 0. The largest absolute Gasteiger partial charge is 0.364 e. The third-order valence-electron chi connectivity index (χ3n) is 3.51. The third kappa shape index (κ3) is 12.9. The van der Waals surface area contributed by atoms with Crippen LogP contribution in [0.25, 0.3) is 0 Å². The summed E-state index contributed by atoms with van der Waals surface area (Å²) in [5, 5.41) is 2.87. The number of hydrogen-bond donors (Lipinski definition) is 6. The molecule has 1 aliphatic rings. The van der Waals surface area contributed by atoms with Crippen LogP contribution >= 0.6 is 47.4 Å². The van der Waals surface area contributed by atoms with Crippen LogP contribution in [0, 0.1) is 0 Å². The van der Waals surface area contributed by atoms with Gasteiger partial charge < -0.3 is 44.6 Å². The molecule has 30 heavy (non-hydrogen) atoms. The minimum absolute atomic E-state index is 0.00603. The Morgan fingerprint density at radius 1 is 1.27 bits per heavy atom. The van der Waals surface area contributed by atoms with Crippen molar-refractivity contribution in [2.75, 3.05) is 19.1 Å². The number of hydrogen-bond acceptors (Lipinski definition) is 13. The fourth-order valence-electron chi connectivity index (χ4n) is 2.13. The van der Waals surface area contributed by atoms with E-state index in [0.29, 0.717) is 25.3 Å². The van der Waals surface area contributed by atoms with Gasteiger partial charge in [-0.1, -0.05) is 28.5 Å². The van der Waals surface area contributed by atoms with Gasteiger partial charge in [0.05, 0.1) is 12.7 Å². The minimum Gasteiger partial charge on any atom is -0.364 e. The zero-order valence-electron chi connectivity index (χ0n) is 16.7. The molecule has 1 rings (SSSR count). The summed E-state index contributed by atoms with van der Waals surface area (Å²) in [6.45, 7) is 6.27. The van der Waals surface area contributed by atoms with E-state index >= 15 is 0 Å². The van der Waals surface area contributed by atoms with E-state index in [0.717, 1.165) is 0 Å². The third-order valence-corrected chi connectivity index (χ3v) is 9.08. The standard InChI is InChI=1S/C13H29N2O10P3S2/c1-4-12(16)15-7-13(2,3)30-29-8-21-9-5-11(14)23-10(9)6-22-27(19)25-28(20)24-26(17)18/h9-11,17-20H,4-8,14H2,1-3H3,(H,15,16)/t9-,10?,11-,27?,28?/m1/s1. The fraction of sp³-hybridized carbons (Fsp3) is 0.923. The highest BCUT2D eigenvalue weighted by molar-refractivity contribution is 8.77. The molecule has 12 nitrogen and oxygen atoms in total. The Morgan fingerprint density at radius 2 is 1.97 bits per heavy atom. The monoisotopic (exact) mass is 530 g/mol. The Labute approximate surface area is 187 Å². The molecule has 0 saturated carbocycles. The Bertz CT molecular complexity index is 514. The second kappa shape index (κ2) is 15.1. The second-order valence-corrected chi connectivity index (χ2v) is 12.5. The van der Waals surface area contributed by atoms with E-state index in [1.165, 1.54) is 10.8 Å². The smallest absolute Gasteiger partial charge is 0.344 e. The zero-order chi connectivity index (χ0) is 22.7. The van der Waals surface area contributed by atoms with Crippen LogP contribution < -0.4 is 11.1 Å². The maximum atomic E-state index is 11.4. The van der Waals surface area contributed by atoms with Crippen molar-refractivity contribution >= 4 is 53.3 Å². The molecule has 1 saturated heterocycles. The predicted octanol–water partition coefficient (Wildman–Crippen LogP) is 1.79. The van der Waals surface area contributed by atoms with Gasteiger partial charge in [-0.05, 0) is 13.8 Å². The first kappa shape index (κ1) is 29.1. The summed E-state index contributed by atoms with van der Waals surface area (Å²) < 4.78 is 25.0. The van der Waals surface area contributed by atoms with Crippen LogP contribution in [0.4, 0.5) is 0 Å². The lowest BCUT2D eigenvalue weighted by Crippen LogP contribution is -2.35. The van der Waals surface area contributed by atoms with Crippen molar-refractivity contribution in [3.8, 4) is 0 Å². The van der Waals surface area contributed by atoms with E-state index in [-0.39, 0.29) is 23.4 Å². The van der Waals surface area contributed by atoms with Gasteiger partial charge in [0.1, 0.15) is 18.3 Å². The topological polar surface area (TPSA) is 182 Å². The molecule has 0 radical (unpaired) electrons. The number of nitrogens with two attached hydrogens (primary N) is 1. The molecule has 7 N–H and O–H groups in total.